The third-order valence-corrected chi connectivity index (χ3v) is 2.10. The lowest BCUT2D eigenvalue weighted by atomic mass is 10.2. The maximum absolute atomic E-state index is 10.9. The van der Waals surface area contributed by atoms with Gasteiger partial charge in [0.25, 0.3) is 0 Å². The Hall–Kier alpha value is -1.85. The van der Waals surface area contributed by atoms with Crippen LogP contribution in [0.5, 0.6) is 0 Å². The molecule has 82 valence electrons. The van der Waals surface area contributed by atoms with Crippen molar-refractivity contribution in [1.82, 2.24) is 9.97 Å². The van der Waals surface area contributed by atoms with Crippen molar-refractivity contribution in [2.75, 3.05) is 17.7 Å². The van der Waals surface area contributed by atoms with E-state index in [1.165, 1.54) is 6.33 Å². The van der Waals surface area contributed by atoms with Crippen molar-refractivity contribution in [3.63, 3.8) is 0 Å². The molecule has 6 nitrogen and oxygen atoms in total. The summed E-state index contributed by atoms with van der Waals surface area (Å²) in [5, 5.41) is 5.85. The van der Waals surface area contributed by atoms with Crippen molar-refractivity contribution < 1.29 is 4.79 Å². The minimum absolute atomic E-state index is 0.418. The van der Waals surface area contributed by atoms with Gasteiger partial charge in [0, 0.05) is 12.6 Å². The summed E-state index contributed by atoms with van der Waals surface area (Å²) in [6, 6.07) is -0.455. The number of hydrogen-bond acceptors (Lipinski definition) is 5. The Labute approximate surface area is 88.3 Å². The normalized spacial score (nSPS) is 11.9. The van der Waals surface area contributed by atoms with Gasteiger partial charge in [0.2, 0.25) is 5.91 Å². The maximum atomic E-state index is 10.9. The number of hydrogen-bond donors (Lipinski definition) is 3. The molecular weight excluding hydrogens is 194 g/mol. The fourth-order valence-corrected chi connectivity index (χ4v) is 1.12. The summed E-state index contributed by atoms with van der Waals surface area (Å²) in [4.78, 5) is 18.9. The van der Waals surface area contributed by atoms with Crippen LogP contribution in [0.15, 0.2) is 6.33 Å². The SMILES string of the molecule is CNc1ncnc(NC(C)C(N)=O)c1C. The van der Waals surface area contributed by atoms with E-state index in [9.17, 15) is 4.79 Å². The largest absolute Gasteiger partial charge is 0.373 e. The summed E-state index contributed by atoms with van der Waals surface area (Å²) < 4.78 is 0. The van der Waals surface area contributed by atoms with Crippen LogP contribution in [0.1, 0.15) is 12.5 Å². The smallest absolute Gasteiger partial charge is 0.239 e. The number of nitrogens with two attached hydrogens (primary N) is 1. The second-order valence-corrected chi connectivity index (χ2v) is 3.21. The van der Waals surface area contributed by atoms with Crippen LogP contribution in [0.25, 0.3) is 0 Å². The highest BCUT2D eigenvalue weighted by Crippen LogP contribution is 2.17. The molecule has 0 aliphatic carbocycles. The molecule has 0 saturated heterocycles. The van der Waals surface area contributed by atoms with E-state index in [4.69, 9.17) is 5.73 Å². The van der Waals surface area contributed by atoms with E-state index < -0.39 is 11.9 Å². The standard InChI is InChI=1S/C9H15N5O/c1-5-8(11-3)12-4-13-9(5)14-6(2)7(10)15/h4,6H,1-3H3,(H2,10,15)(H2,11,12,13,14). The number of anilines is 2. The first kappa shape index (κ1) is 11.2. The third-order valence-electron chi connectivity index (χ3n) is 2.10. The van der Waals surface area contributed by atoms with Crippen LogP contribution in [0, 0.1) is 6.92 Å². The lowest BCUT2D eigenvalue weighted by Crippen LogP contribution is -2.33. The zero-order valence-corrected chi connectivity index (χ0v) is 9.03. The number of rotatable bonds is 4. The molecule has 1 amide bonds. The van der Waals surface area contributed by atoms with E-state index in [1.54, 1.807) is 14.0 Å². The Balaban J connectivity index is 2.90. The van der Waals surface area contributed by atoms with E-state index in [-0.39, 0.29) is 0 Å². The average molecular weight is 209 g/mol. The molecule has 0 bridgehead atoms. The van der Waals surface area contributed by atoms with Crippen molar-refractivity contribution in [3.05, 3.63) is 11.9 Å². The molecule has 0 aliphatic heterocycles. The molecule has 0 fully saturated rings. The molecule has 4 N–H and O–H groups in total. The molecule has 0 radical (unpaired) electrons. The highest BCUT2D eigenvalue weighted by atomic mass is 16.1. The summed E-state index contributed by atoms with van der Waals surface area (Å²) in [5.74, 6) is 0.920. The van der Waals surface area contributed by atoms with Gasteiger partial charge in [-0.2, -0.15) is 0 Å². The predicted octanol–water partition coefficient (Wildman–Crippen LogP) is 0.112. The maximum Gasteiger partial charge on any atom is 0.239 e. The lowest BCUT2D eigenvalue weighted by molar-refractivity contribution is -0.118. The average Bonchev–Trinajstić information content (AvgIpc) is 2.21. The zero-order chi connectivity index (χ0) is 11.4. The van der Waals surface area contributed by atoms with Gasteiger partial charge in [0.15, 0.2) is 0 Å². The Morgan fingerprint density at radius 1 is 1.47 bits per heavy atom. The van der Waals surface area contributed by atoms with Crippen molar-refractivity contribution in [1.29, 1.82) is 0 Å². The summed E-state index contributed by atoms with van der Waals surface area (Å²) in [6.07, 6.45) is 1.43. The molecule has 1 aromatic heterocycles. The Morgan fingerprint density at radius 2 is 2.07 bits per heavy atom. The Kier molecular flexibility index (Phi) is 3.43. The van der Waals surface area contributed by atoms with Gasteiger partial charge in [-0.05, 0) is 13.8 Å². The molecular formula is C9H15N5O. The third kappa shape index (κ3) is 2.55. The van der Waals surface area contributed by atoms with E-state index in [1.807, 2.05) is 6.92 Å². The van der Waals surface area contributed by atoms with E-state index >= 15 is 0 Å². The molecule has 0 aliphatic rings. The Bertz CT molecular complexity index is 366. The van der Waals surface area contributed by atoms with E-state index in [0.29, 0.717) is 5.82 Å². The molecule has 1 atom stereocenters. The molecule has 15 heavy (non-hydrogen) atoms. The van der Waals surface area contributed by atoms with Crippen molar-refractivity contribution >= 4 is 17.5 Å². The van der Waals surface area contributed by atoms with Crippen molar-refractivity contribution in [3.8, 4) is 0 Å². The monoisotopic (exact) mass is 209 g/mol. The molecule has 0 spiro atoms. The minimum atomic E-state index is -0.455. The Morgan fingerprint density at radius 3 is 2.60 bits per heavy atom. The molecule has 0 aromatic carbocycles. The lowest BCUT2D eigenvalue weighted by Gasteiger charge is -2.14. The van der Waals surface area contributed by atoms with Crippen LogP contribution >= 0.6 is 0 Å². The number of nitrogens with zero attached hydrogens (tertiary/aromatic N) is 2. The molecule has 0 saturated carbocycles. The van der Waals surface area contributed by atoms with Crippen molar-refractivity contribution in [2.24, 2.45) is 5.73 Å². The quantitative estimate of drug-likeness (QED) is 0.654. The molecule has 1 unspecified atom stereocenters. The number of primary amides is 1. The minimum Gasteiger partial charge on any atom is -0.373 e. The van der Waals surface area contributed by atoms with Gasteiger partial charge in [-0.3, -0.25) is 4.79 Å². The van der Waals surface area contributed by atoms with Gasteiger partial charge in [0.1, 0.15) is 24.0 Å². The molecule has 1 rings (SSSR count). The fraction of sp³-hybridized carbons (Fsp3) is 0.444. The van der Waals surface area contributed by atoms with Crippen LogP contribution in [0.4, 0.5) is 11.6 Å². The first-order chi connectivity index (χ1) is 7.06. The number of amides is 1. The van der Waals surface area contributed by atoms with Crippen LogP contribution in [0.3, 0.4) is 0 Å². The second-order valence-electron chi connectivity index (χ2n) is 3.21. The van der Waals surface area contributed by atoms with Gasteiger partial charge in [0.05, 0.1) is 0 Å². The first-order valence-electron chi connectivity index (χ1n) is 4.61. The van der Waals surface area contributed by atoms with Crippen LogP contribution in [-0.2, 0) is 4.79 Å². The van der Waals surface area contributed by atoms with E-state index in [2.05, 4.69) is 20.6 Å². The molecule has 6 heteroatoms. The van der Waals surface area contributed by atoms with Crippen LogP contribution in [0.2, 0.25) is 0 Å². The topological polar surface area (TPSA) is 92.9 Å². The van der Waals surface area contributed by atoms with Gasteiger partial charge in [-0.1, -0.05) is 0 Å². The highest BCUT2D eigenvalue weighted by Gasteiger charge is 2.12. The number of aromatic nitrogens is 2. The second kappa shape index (κ2) is 4.59. The molecule has 1 heterocycles. The number of carbonyl (C=O) groups is 1. The van der Waals surface area contributed by atoms with E-state index in [0.717, 1.165) is 11.4 Å². The van der Waals surface area contributed by atoms with Gasteiger partial charge < -0.3 is 16.4 Å². The summed E-state index contributed by atoms with van der Waals surface area (Å²) >= 11 is 0. The van der Waals surface area contributed by atoms with Gasteiger partial charge >= 0.3 is 0 Å². The fourth-order valence-electron chi connectivity index (χ4n) is 1.12. The van der Waals surface area contributed by atoms with Gasteiger partial charge in [-0.25, -0.2) is 9.97 Å². The predicted molar refractivity (Wildman–Crippen MR) is 58.6 cm³/mol. The summed E-state index contributed by atoms with van der Waals surface area (Å²) in [7, 11) is 1.77. The number of carbonyl (C=O) groups excluding carboxylic acids is 1. The highest BCUT2D eigenvalue weighted by molar-refractivity contribution is 5.82. The number of nitrogens with one attached hydrogen (secondary N) is 2. The summed E-state index contributed by atoms with van der Waals surface area (Å²) in [5.41, 5.74) is 6.00. The molecule has 1 aromatic rings. The summed E-state index contributed by atoms with van der Waals surface area (Å²) in [6.45, 7) is 3.55. The van der Waals surface area contributed by atoms with Crippen molar-refractivity contribution in [2.45, 2.75) is 19.9 Å². The van der Waals surface area contributed by atoms with Crippen LogP contribution < -0.4 is 16.4 Å². The van der Waals surface area contributed by atoms with Crippen LogP contribution in [-0.4, -0.2) is 29.0 Å². The first-order valence-corrected chi connectivity index (χ1v) is 4.61. The van der Waals surface area contributed by atoms with Gasteiger partial charge in [-0.15, -0.1) is 0 Å². The zero-order valence-electron chi connectivity index (χ0n) is 9.03.